The number of rotatable bonds is 8. The van der Waals surface area contributed by atoms with Gasteiger partial charge in [-0.1, -0.05) is 6.92 Å². The van der Waals surface area contributed by atoms with Gasteiger partial charge in [0.05, 0.1) is 0 Å². The molecule has 0 heterocycles. The minimum atomic E-state index is -4.35. The normalized spacial score (nSPS) is 13.7. The summed E-state index contributed by atoms with van der Waals surface area (Å²) < 4.78 is 81.0. The van der Waals surface area contributed by atoms with Crippen LogP contribution < -0.4 is 10.0 Å². The van der Waals surface area contributed by atoms with Crippen molar-refractivity contribution in [3.63, 3.8) is 0 Å². The Bertz CT molecular complexity index is 1020. The number of carbonyl (C=O) groups is 1. The molecule has 11 heteroatoms. The highest BCUT2D eigenvalue weighted by Gasteiger charge is 2.24. The number of benzene rings is 2. The van der Waals surface area contributed by atoms with E-state index in [1.165, 1.54) is 6.92 Å². The number of halogens is 4. The first kappa shape index (κ1) is 23.8. The van der Waals surface area contributed by atoms with Crippen molar-refractivity contribution >= 4 is 21.6 Å². The lowest BCUT2D eigenvalue weighted by Crippen LogP contribution is -2.34. The number of carbonyl (C=O) groups excluding carboxylic acids is 1. The smallest absolute Gasteiger partial charge is 0.255 e. The molecule has 0 spiro atoms. The van der Waals surface area contributed by atoms with E-state index in [-0.39, 0.29) is 18.1 Å². The van der Waals surface area contributed by atoms with Crippen LogP contribution in [0.3, 0.4) is 0 Å². The highest BCUT2D eigenvalue weighted by Crippen LogP contribution is 2.21. The Balaban J connectivity index is 2.26. The van der Waals surface area contributed by atoms with Crippen LogP contribution in [0.25, 0.3) is 0 Å². The minimum absolute atomic E-state index is 0.152. The fourth-order valence-corrected chi connectivity index (χ4v) is 4.10. The molecule has 3 N–H and O–H groups in total. The molecule has 0 aliphatic heterocycles. The van der Waals surface area contributed by atoms with Crippen LogP contribution in [0.1, 0.15) is 30.6 Å². The molecule has 6 nitrogen and oxygen atoms in total. The van der Waals surface area contributed by atoms with Gasteiger partial charge >= 0.3 is 0 Å². The third kappa shape index (κ3) is 5.77. The Morgan fingerprint density at radius 1 is 1.03 bits per heavy atom. The predicted octanol–water partition coefficient (Wildman–Crippen LogP) is 3.18. The second-order valence-electron chi connectivity index (χ2n) is 6.90. The van der Waals surface area contributed by atoms with E-state index in [2.05, 4.69) is 10.0 Å². The van der Waals surface area contributed by atoms with E-state index in [4.69, 9.17) is 5.11 Å². The molecule has 30 heavy (non-hydrogen) atoms. The predicted molar refractivity (Wildman–Crippen MR) is 101 cm³/mol. The highest BCUT2D eigenvalue weighted by atomic mass is 32.2. The van der Waals surface area contributed by atoms with Crippen molar-refractivity contribution in [2.75, 3.05) is 11.9 Å². The summed E-state index contributed by atoms with van der Waals surface area (Å²) in [5.74, 6) is -7.05. The summed E-state index contributed by atoms with van der Waals surface area (Å²) in [4.78, 5) is 11.5. The molecule has 0 aliphatic rings. The molecule has 2 atom stereocenters. The fourth-order valence-electron chi connectivity index (χ4n) is 2.74. The lowest BCUT2D eigenvalue weighted by Gasteiger charge is -2.17. The molecule has 2 aromatic rings. The molecular weight excluding hydrogens is 428 g/mol. The van der Waals surface area contributed by atoms with Crippen molar-refractivity contribution in [2.45, 2.75) is 31.2 Å². The summed E-state index contributed by atoms with van der Waals surface area (Å²) in [6.07, 6.45) is 0.291. The number of hydrogen-bond donors (Lipinski definition) is 3. The van der Waals surface area contributed by atoms with Crippen LogP contribution >= 0.6 is 0 Å². The van der Waals surface area contributed by atoms with E-state index in [1.807, 2.05) is 0 Å². The van der Waals surface area contributed by atoms with Crippen molar-refractivity contribution in [1.82, 2.24) is 4.72 Å². The van der Waals surface area contributed by atoms with Crippen molar-refractivity contribution in [3.8, 4) is 0 Å². The van der Waals surface area contributed by atoms with Crippen molar-refractivity contribution in [3.05, 3.63) is 59.2 Å². The molecule has 0 radical (unpaired) electrons. The standard InChI is InChI=1S/C19H20F4N2O4S/c1-10(9-26)5-11(2)25-30(28,29)17-6-12(3-4-14(17)20)19(27)24-13-7-15(21)18(23)16(22)8-13/h3-4,6-8,10-11,25-26H,5,9H2,1-2H3,(H,24,27)/t10-,11+/m0/s1. The lowest BCUT2D eigenvalue weighted by molar-refractivity contribution is 0.102. The van der Waals surface area contributed by atoms with Gasteiger partial charge in [0.2, 0.25) is 10.0 Å². The molecule has 0 fully saturated rings. The summed E-state index contributed by atoms with van der Waals surface area (Å²) >= 11 is 0. The number of hydrogen-bond acceptors (Lipinski definition) is 4. The zero-order chi connectivity index (χ0) is 22.6. The van der Waals surface area contributed by atoms with Crippen LogP contribution in [-0.4, -0.2) is 32.1 Å². The molecule has 0 bridgehead atoms. The molecule has 164 valence electrons. The van der Waals surface area contributed by atoms with Crippen LogP contribution in [0.2, 0.25) is 0 Å². The number of sulfonamides is 1. The van der Waals surface area contributed by atoms with Gasteiger partial charge in [0.1, 0.15) is 10.7 Å². The zero-order valence-corrected chi connectivity index (χ0v) is 16.9. The van der Waals surface area contributed by atoms with E-state index in [1.54, 1.807) is 6.92 Å². The van der Waals surface area contributed by atoms with Crippen LogP contribution in [-0.2, 0) is 10.0 Å². The molecule has 2 rings (SSSR count). The average Bonchev–Trinajstić information content (AvgIpc) is 2.65. The highest BCUT2D eigenvalue weighted by molar-refractivity contribution is 7.89. The van der Waals surface area contributed by atoms with Crippen molar-refractivity contribution in [2.24, 2.45) is 5.92 Å². The van der Waals surface area contributed by atoms with Crippen molar-refractivity contribution in [1.29, 1.82) is 0 Å². The maximum atomic E-state index is 14.2. The first-order valence-corrected chi connectivity index (χ1v) is 10.3. The molecular formula is C19H20F4N2O4S. The van der Waals surface area contributed by atoms with Gasteiger partial charge in [-0.25, -0.2) is 30.7 Å². The molecule has 1 amide bonds. The second-order valence-corrected chi connectivity index (χ2v) is 8.58. The van der Waals surface area contributed by atoms with Gasteiger partial charge in [0, 0.05) is 36.0 Å². The maximum Gasteiger partial charge on any atom is 0.255 e. The second kappa shape index (κ2) is 9.54. The summed E-state index contributed by atoms with van der Waals surface area (Å²) in [6, 6.07) is 2.98. The first-order chi connectivity index (χ1) is 13.9. The summed E-state index contributed by atoms with van der Waals surface area (Å²) in [7, 11) is -4.35. The quantitative estimate of drug-likeness (QED) is 0.427. The third-order valence-electron chi connectivity index (χ3n) is 4.15. The van der Waals surface area contributed by atoms with Gasteiger partial charge in [0.15, 0.2) is 17.5 Å². The number of amides is 1. The Kier molecular flexibility index (Phi) is 7.56. The van der Waals surface area contributed by atoms with Gasteiger partial charge in [-0.3, -0.25) is 4.79 Å². The summed E-state index contributed by atoms with van der Waals surface area (Å²) in [6.45, 7) is 3.09. The minimum Gasteiger partial charge on any atom is -0.396 e. The monoisotopic (exact) mass is 448 g/mol. The van der Waals surface area contributed by atoms with Crippen molar-refractivity contribution < 1.29 is 35.9 Å². The molecule has 0 aromatic heterocycles. The number of aliphatic hydroxyl groups is 1. The largest absolute Gasteiger partial charge is 0.396 e. The number of anilines is 1. The Labute approximate surface area is 171 Å². The van der Waals surface area contributed by atoms with Gasteiger partial charge in [-0.15, -0.1) is 0 Å². The van der Waals surface area contributed by atoms with Crippen LogP contribution in [0.4, 0.5) is 23.2 Å². The maximum absolute atomic E-state index is 14.2. The average molecular weight is 448 g/mol. The lowest BCUT2D eigenvalue weighted by atomic mass is 10.1. The van der Waals surface area contributed by atoms with Gasteiger partial charge in [-0.2, -0.15) is 0 Å². The number of nitrogens with one attached hydrogen (secondary N) is 2. The van der Waals surface area contributed by atoms with Gasteiger partial charge < -0.3 is 10.4 Å². The Morgan fingerprint density at radius 3 is 2.20 bits per heavy atom. The number of aliphatic hydroxyl groups excluding tert-OH is 1. The summed E-state index contributed by atoms with van der Waals surface area (Å²) in [5.41, 5.74) is -0.715. The van der Waals surface area contributed by atoms with Crippen LogP contribution in [0, 0.1) is 29.2 Å². The van der Waals surface area contributed by atoms with Crippen LogP contribution in [0.15, 0.2) is 35.2 Å². The van der Waals surface area contributed by atoms with E-state index < -0.39 is 55.8 Å². The van der Waals surface area contributed by atoms with E-state index >= 15 is 0 Å². The van der Waals surface area contributed by atoms with Gasteiger partial charge in [-0.05, 0) is 37.5 Å². The first-order valence-electron chi connectivity index (χ1n) is 8.83. The molecule has 0 unspecified atom stereocenters. The fraction of sp³-hybridized carbons (Fsp3) is 0.316. The van der Waals surface area contributed by atoms with E-state index in [0.29, 0.717) is 18.6 Å². The van der Waals surface area contributed by atoms with Gasteiger partial charge in [0.25, 0.3) is 5.91 Å². The van der Waals surface area contributed by atoms with E-state index in [9.17, 15) is 30.8 Å². The Morgan fingerprint density at radius 2 is 1.63 bits per heavy atom. The Hall–Kier alpha value is -2.50. The van der Waals surface area contributed by atoms with Crippen LogP contribution in [0.5, 0.6) is 0 Å². The molecule has 0 saturated carbocycles. The molecule has 0 aliphatic carbocycles. The third-order valence-corrected chi connectivity index (χ3v) is 5.75. The molecule has 2 aromatic carbocycles. The molecule has 0 saturated heterocycles. The zero-order valence-electron chi connectivity index (χ0n) is 16.0. The SMILES string of the molecule is C[C@H](CO)C[C@@H](C)NS(=O)(=O)c1cc(C(=O)Nc2cc(F)c(F)c(F)c2)ccc1F. The summed E-state index contributed by atoms with van der Waals surface area (Å²) in [5, 5.41) is 11.2. The van der Waals surface area contributed by atoms with E-state index in [0.717, 1.165) is 18.2 Å². The topological polar surface area (TPSA) is 95.5 Å².